The molecule has 0 spiro atoms. The Bertz CT molecular complexity index is 983. The molecule has 0 aliphatic rings. The van der Waals surface area contributed by atoms with Crippen molar-refractivity contribution in [1.29, 1.82) is 0 Å². The lowest BCUT2D eigenvalue weighted by Crippen LogP contribution is -2.24. The van der Waals surface area contributed by atoms with Gasteiger partial charge in [0.1, 0.15) is 5.75 Å². The highest BCUT2D eigenvalue weighted by atomic mass is 19.4. The van der Waals surface area contributed by atoms with Gasteiger partial charge >= 0.3 is 18.3 Å². The normalized spacial score (nSPS) is 11.6. The summed E-state index contributed by atoms with van der Waals surface area (Å²) in [7, 11) is 0. The van der Waals surface area contributed by atoms with E-state index in [2.05, 4.69) is 4.74 Å². The third-order valence-corrected chi connectivity index (χ3v) is 4.09. The van der Waals surface area contributed by atoms with E-state index >= 15 is 0 Å². The molecular weight excluding hydrogens is 460 g/mol. The predicted molar refractivity (Wildman–Crippen MR) is 103 cm³/mol. The minimum atomic E-state index is -5.08. The number of benzene rings is 2. The monoisotopic (exact) mass is 477 g/mol. The lowest BCUT2D eigenvalue weighted by atomic mass is 10.1. The largest absolute Gasteiger partial charge is 0.482 e. The fourth-order valence-electron chi connectivity index (χ4n) is 2.50. The molecule has 0 aromatic heterocycles. The van der Waals surface area contributed by atoms with Crippen LogP contribution in [0, 0.1) is 0 Å². The second-order valence-corrected chi connectivity index (χ2v) is 6.59. The van der Waals surface area contributed by atoms with E-state index in [4.69, 9.17) is 4.74 Å². The van der Waals surface area contributed by atoms with Crippen LogP contribution in [-0.4, -0.2) is 30.9 Å². The molecule has 1 N–H and O–H groups in total. The number of rotatable bonds is 8. The summed E-state index contributed by atoms with van der Waals surface area (Å²) in [4.78, 5) is 35.0. The standard InChI is InChI=1S/C21H17F6NO5/c1-2-17(29)12-3-5-16(6-4-12)32-11-19(31)33-10-18(30)28-15-8-13(20(22,23)24)7-14(9-15)21(25,26)27/h3-9H,2,10-11H2,1H3,(H,28,30). The molecule has 0 saturated heterocycles. The quantitative estimate of drug-likeness (QED) is 0.333. The molecule has 12 heteroatoms. The molecule has 0 heterocycles. The van der Waals surface area contributed by atoms with Crippen molar-refractivity contribution in [1.82, 2.24) is 0 Å². The first-order valence-corrected chi connectivity index (χ1v) is 9.30. The Kier molecular flexibility index (Phi) is 8.07. The molecule has 0 unspecified atom stereocenters. The Labute approximate surface area is 183 Å². The smallest absolute Gasteiger partial charge is 0.416 e. The SMILES string of the molecule is CCC(=O)c1ccc(OCC(=O)OCC(=O)Nc2cc(C(F)(F)F)cc(C(F)(F)F)c2)cc1. The zero-order valence-electron chi connectivity index (χ0n) is 17.0. The second kappa shape index (κ2) is 10.4. The minimum Gasteiger partial charge on any atom is -0.482 e. The number of alkyl halides is 6. The van der Waals surface area contributed by atoms with Crippen LogP contribution in [0.25, 0.3) is 0 Å². The molecule has 0 aliphatic heterocycles. The number of hydrogen-bond donors (Lipinski definition) is 1. The fraction of sp³-hybridized carbons (Fsp3) is 0.286. The van der Waals surface area contributed by atoms with Crippen LogP contribution in [0.2, 0.25) is 0 Å². The average Bonchev–Trinajstić information content (AvgIpc) is 2.74. The molecule has 2 aromatic rings. The van der Waals surface area contributed by atoms with Gasteiger partial charge in [0.15, 0.2) is 19.0 Å². The number of anilines is 1. The summed E-state index contributed by atoms with van der Waals surface area (Å²) in [6, 6.07) is 6.42. The first kappa shape index (κ1) is 25.7. The highest BCUT2D eigenvalue weighted by Crippen LogP contribution is 2.37. The van der Waals surface area contributed by atoms with Gasteiger partial charge in [0.25, 0.3) is 5.91 Å². The molecule has 0 bridgehead atoms. The maximum Gasteiger partial charge on any atom is 0.416 e. The summed E-state index contributed by atoms with van der Waals surface area (Å²) in [5.41, 5.74) is -3.53. The number of ether oxygens (including phenoxy) is 2. The van der Waals surface area contributed by atoms with Crippen molar-refractivity contribution >= 4 is 23.3 Å². The first-order chi connectivity index (χ1) is 15.3. The maximum absolute atomic E-state index is 12.9. The van der Waals surface area contributed by atoms with Crippen molar-refractivity contribution in [2.75, 3.05) is 18.5 Å². The summed E-state index contributed by atoms with van der Waals surface area (Å²) in [5, 5.41) is 1.83. The number of carbonyl (C=O) groups excluding carboxylic acids is 3. The Hall–Kier alpha value is -3.57. The number of ketones is 1. The zero-order valence-corrected chi connectivity index (χ0v) is 17.0. The van der Waals surface area contributed by atoms with Crippen molar-refractivity contribution in [3.05, 3.63) is 59.2 Å². The molecule has 0 fully saturated rings. The van der Waals surface area contributed by atoms with Crippen molar-refractivity contribution in [3.8, 4) is 5.75 Å². The van der Waals surface area contributed by atoms with Crippen LogP contribution in [0.5, 0.6) is 5.75 Å². The van der Waals surface area contributed by atoms with Crippen LogP contribution in [0.4, 0.5) is 32.0 Å². The van der Waals surface area contributed by atoms with Gasteiger partial charge in [-0.2, -0.15) is 26.3 Å². The van der Waals surface area contributed by atoms with Gasteiger partial charge in [-0.3, -0.25) is 9.59 Å². The highest BCUT2D eigenvalue weighted by Gasteiger charge is 2.37. The number of hydrogen-bond acceptors (Lipinski definition) is 5. The Morgan fingerprint density at radius 1 is 0.848 bits per heavy atom. The van der Waals surface area contributed by atoms with Gasteiger partial charge in [0.05, 0.1) is 11.1 Å². The van der Waals surface area contributed by atoms with Crippen molar-refractivity contribution < 1.29 is 50.2 Å². The number of amides is 1. The molecule has 0 aliphatic carbocycles. The summed E-state index contributed by atoms with van der Waals surface area (Å²) in [6.45, 7) is 0.0982. The molecule has 33 heavy (non-hydrogen) atoms. The van der Waals surface area contributed by atoms with E-state index in [1.54, 1.807) is 6.92 Å². The number of carbonyl (C=O) groups is 3. The number of halogens is 6. The van der Waals surface area contributed by atoms with Gasteiger partial charge in [-0.25, -0.2) is 4.79 Å². The number of nitrogens with one attached hydrogen (secondary N) is 1. The van der Waals surface area contributed by atoms with E-state index in [-0.39, 0.29) is 17.6 Å². The van der Waals surface area contributed by atoms with Crippen molar-refractivity contribution in [3.63, 3.8) is 0 Å². The van der Waals surface area contributed by atoms with Crippen molar-refractivity contribution in [2.24, 2.45) is 0 Å². The third-order valence-electron chi connectivity index (χ3n) is 4.09. The summed E-state index contributed by atoms with van der Waals surface area (Å²) in [5.74, 6) is -2.03. The lowest BCUT2D eigenvalue weighted by molar-refractivity contribution is -0.149. The average molecular weight is 477 g/mol. The van der Waals surface area contributed by atoms with Gasteiger partial charge in [0, 0.05) is 17.7 Å². The van der Waals surface area contributed by atoms with Gasteiger partial charge in [-0.15, -0.1) is 0 Å². The van der Waals surface area contributed by atoms with Gasteiger partial charge in [-0.1, -0.05) is 6.92 Å². The lowest BCUT2D eigenvalue weighted by Gasteiger charge is -2.15. The van der Waals surface area contributed by atoms with E-state index < -0.39 is 54.3 Å². The van der Waals surface area contributed by atoms with E-state index in [1.807, 2.05) is 5.32 Å². The third kappa shape index (κ3) is 7.81. The van der Waals surface area contributed by atoms with E-state index in [0.717, 1.165) is 0 Å². The zero-order chi connectivity index (χ0) is 24.8. The Morgan fingerprint density at radius 2 is 1.39 bits per heavy atom. The van der Waals surface area contributed by atoms with Crippen LogP contribution in [0.1, 0.15) is 34.8 Å². The molecule has 1 amide bonds. The molecule has 0 atom stereocenters. The number of Topliss-reactive ketones (excluding diaryl/α,β-unsaturated/α-hetero) is 1. The van der Waals surface area contributed by atoms with Gasteiger partial charge in [-0.05, 0) is 42.5 Å². The predicted octanol–water partition coefficient (Wildman–Crippen LogP) is 4.88. The maximum atomic E-state index is 12.9. The summed E-state index contributed by atoms with van der Waals surface area (Å²) < 4.78 is 86.8. The molecule has 2 rings (SSSR count). The van der Waals surface area contributed by atoms with Crippen molar-refractivity contribution in [2.45, 2.75) is 25.7 Å². The second-order valence-electron chi connectivity index (χ2n) is 6.59. The van der Waals surface area contributed by atoms with Crippen LogP contribution in [0.3, 0.4) is 0 Å². The van der Waals surface area contributed by atoms with E-state index in [9.17, 15) is 40.7 Å². The van der Waals surface area contributed by atoms with Crippen LogP contribution in [-0.2, 0) is 26.7 Å². The topological polar surface area (TPSA) is 81.7 Å². The number of esters is 1. The molecule has 178 valence electrons. The Balaban J connectivity index is 1.92. The van der Waals surface area contributed by atoms with Crippen LogP contribution in [0.15, 0.2) is 42.5 Å². The van der Waals surface area contributed by atoms with E-state index in [0.29, 0.717) is 24.1 Å². The molecule has 0 saturated carbocycles. The van der Waals surface area contributed by atoms with E-state index in [1.165, 1.54) is 24.3 Å². The summed E-state index contributed by atoms with van der Waals surface area (Å²) >= 11 is 0. The van der Waals surface area contributed by atoms with Gasteiger partial charge in [0.2, 0.25) is 0 Å². The Morgan fingerprint density at radius 3 is 1.88 bits per heavy atom. The minimum absolute atomic E-state index is 0.0856. The molecule has 0 radical (unpaired) electrons. The van der Waals surface area contributed by atoms with Crippen LogP contribution >= 0.6 is 0 Å². The molecular formula is C21H17F6NO5. The molecule has 6 nitrogen and oxygen atoms in total. The first-order valence-electron chi connectivity index (χ1n) is 9.30. The van der Waals surface area contributed by atoms with Gasteiger partial charge < -0.3 is 14.8 Å². The fourth-order valence-corrected chi connectivity index (χ4v) is 2.50. The highest BCUT2D eigenvalue weighted by molar-refractivity contribution is 5.96. The molecule has 2 aromatic carbocycles. The van der Waals surface area contributed by atoms with Crippen LogP contribution < -0.4 is 10.1 Å². The summed E-state index contributed by atoms with van der Waals surface area (Å²) in [6.07, 6.45) is -9.84.